The zero-order valence-corrected chi connectivity index (χ0v) is 34.8. The standard InChI is InChI=1S/C53H35BN3OS2/c1-53(2,3)30-17-19-31(20-18-30)55-41-27-49-38(32-13-7-9-15-46(32)60-49)23-36(41)34-21-22-35-37-25-48-39(33-14-8-10-16-47(33)59-48)24-43(37)57-44-28-45-42(26-40(44)54-50(34)51(35)57)56-52(58-45)29-11-5-4-6-12-29/h4-28,55H,1-3H3. The van der Waals surface area contributed by atoms with Crippen LogP contribution in [0, 0.1) is 0 Å². The van der Waals surface area contributed by atoms with Crippen LogP contribution in [-0.4, -0.2) is 16.8 Å². The molecule has 0 saturated carbocycles. The predicted molar refractivity (Wildman–Crippen MR) is 258 cm³/mol. The minimum Gasteiger partial charge on any atom is -0.436 e. The molecule has 0 unspecified atom stereocenters. The molecule has 0 saturated heterocycles. The third-order valence-electron chi connectivity index (χ3n) is 12.4. The van der Waals surface area contributed by atoms with Gasteiger partial charge in [0, 0.05) is 90.9 Å². The van der Waals surface area contributed by atoms with E-state index in [9.17, 15) is 0 Å². The van der Waals surface area contributed by atoms with Gasteiger partial charge in [-0.25, -0.2) is 4.98 Å². The van der Waals surface area contributed by atoms with Crippen LogP contribution in [0.2, 0.25) is 0 Å². The van der Waals surface area contributed by atoms with E-state index in [1.807, 2.05) is 40.9 Å². The molecule has 8 aromatic carbocycles. The average molecular weight is 805 g/mol. The number of oxazole rings is 1. The van der Waals surface area contributed by atoms with Gasteiger partial charge in [0.25, 0.3) is 0 Å². The summed E-state index contributed by atoms with van der Waals surface area (Å²) in [7, 11) is 2.39. The largest absolute Gasteiger partial charge is 0.436 e. The van der Waals surface area contributed by atoms with Gasteiger partial charge in [-0.15, -0.1) is 22.7 Å². The first-order chi connectivity index (χ1) is 29.3. The van der Waals surface area contributed by atoms with Crippen molar-refractivity contribution in [2.24, 2.45) is 0 Å². The van der Waals surface area contributed by atoms with Crippen LogP contribution in [0.5, 0.6) is 0 Å². The number of rotatable bonds is 4. The van der Waals surface area contributed by atoms with E-state index in [4.69, 9.17) is 9.40 Å². The summed E-state index contributed by atoms with van der Waals surface area (Å²) >= 11 is 3.72. The first kappa shape index (κ1) is 34.2. The van der Waals surface area contributed by atoms with Crippen LogP contribution >= 0.6 is 22.7 Å². The second-order valence-corrected chi connectivity index (χ2v) is 19.2. The Morgan fingerprint density at radius 1 is 0.600 bits per heavy atom. The molecule has 0 amide bonds. The van der Waals surface area contributed by atoms with Crippen LogP contribution in [-0.2, 0) is 5.41 Å². The third-order valence-corrected chi connectivity index (χ3v) is 14.7. The highest BCUT2D eigenvalue weighted by Gasteiger charge is 2.29. The Balaban J connectivity index is 1.09. The van der Waals surface area contributed by atoms with E-state index in [0.29, 0.717) is 5.89 Å². The fraction of sp³-hybridized carbons (Fsp3) is 0.0755. The van der Waals surface area contributed by atoms with Crippen LogP contribution in [0.1, 0.15) is 26.3 Å². The summed E-state index contributed by atoms with van der Waals surface area (Å²) in [6, 6.07) is 55.4. The normalized spacial score (nSPS) is 12.7. The molecular weight excluding hydrogens is 770 g/mol. The Hall–Kier alpha value is -6.67. The number of fused-ring (bicyclic) bond motifs is 12. The van der Waals surface area contributed by atoms with Crippen molar-refractivity contribution >= 4 is 126 Å². The number of anilines is 2. The van der Waals surface area contributed by atoms with Crippen molar-refractivity contribution < 1.29 is 4.42 Å². The number of nitrogens with one attached hydrogen (secondary N) is 1. The topological polar surface area (TPSA) is 43.0 Å². The SMILES string of the molecule is CC(C)(C)c1ccc(Nc2cc3sc4ccccc4c3cc2-c2ccc3c4cc5sc6ccccc6c5cc4n4c3c2[B]c2cc3nc(-c5ccccc5)oc3cc2-4)cc1. The summed E-state index contributed by atoms with van der Waals surface area (Å²) in [5.41, 5.74) is 14.3. The fourth-order valence-electron chi connectivity index (χ4n) is 9.43. The minimum absolute atomic E-state index is 0.0746. The zero-order valence-electron chi connectivity index (χ0n) is 33.1. The summed E-state index contributed by atoms with van der Waals surface area (Å²) < 4.78 is 14.2. The van der Waals surface area contributed by atoms with Gasteiger partial charge in [0.1, 0.15) is 5.52 Å². The van der Waals surface area contributed by atoms with Crippen molar-refractivity contribution in [1.82, 2.24) is 9.55 Å². The van der Waals surface area contributed by atoms with Gasteiger partial charge in [0.15, 0.2) is 12.9 Å². The highest BCUT2D eigenvalue weighted by molar-refractivity contribution is 7.26. The minimum atomic E-state index is 0.0746. The Morgan fingerprint density at radius 3 is 2.05 bits per heavy atom. The Kier molecular flexibility index (Phi) is 7.09. The Morgan fingerprint density at radius 2 is 1.30 bits per heavy atom. The van der Waals surface area contributed by atoms with Crippen molar-refractivity contribution in [1.29, 1.82) is 0 Å². The molecular formula is C53H35BN3OS2. The van der Waals surface area contributed by atoms with Gasteiger partial charge in [-0.2, -0.15) is 0 Å². The summed E-state index contributed by atoms with van der Waals surface area (Å²) in [5, 5.41) is 11.5. The number of hydrogen-bond donors (Lipinski definition) is 1. The third kappa shape index (κ3) is 5.06. The van der Waals surface area contributed by atoms with Gasteiger partial charge in [-0.3, -0.25) is 0 Å². The number of hydrogen-bond acceptors (Lipinski definition) is 5. The van der Waals surface area contributed by atoms with Crippen LogP contribution < -0.4 is 16.2 Å². The van der Waals surface area contributed by atoms with Crippen molar-refractivity contribution in [2.45, 2.75) is 26.2 Å². The van der Waals surface area contributed by atoms with Gasteiger partial charge in [-0.1, -0.05) is 105 Å². The lowest BCUT2D eigenvalue weighted by molar-refractivity contribution is 0.590. The second kappa shape index (κ2) is 12.4. The quantitative estimate of drug-likeness (QED) is 0.180. The molecule has 60 heavy (non-hydrogen) atoms. The van der Waals surface area contributed by atoms with E-state index in [-0.39, 0.29) is 5.41 Å². The van der Waals surface area contributed by atoms with E-state index in [2.05, 4.69) is 171 Å². The number of aromatic nitrogens is 2. The van der Waals surface area contributed by atoms with Crippen LogP contribution in [0.4, 0.5) is 11.4 Å². The molecule has 4 nitrogen and oxygen atoms in total. The highest BCUT2D eigenvalue weighted by atomic mass is 32.1. The van der Waals surface area contributed by atoms with Crippen LogP contribution in [0.25, 0.3) is 102 Å². The molecule has 1 aliphatic rings. The monoisotopic (exact) mass is 804 g/mol. The van der Waals surface area contributed by atoms with Crippen molar-refractivity contribution in [3.05, 3.63) is 157 Å². The summed E-state index contributed by atoms with van der Waals surface area (Å²) in [6.07, 6.45) is 0. The van der Waals surface area contributed by atoms with Gasteiger partial charge >= 0.3 is 0 Å². The molecule has 0 fully saturated rings. The number of benzene rings is 8. The van der Waals surface area contributed by atoms with Gasteiger partial charge in [0.2, 0.25) is 5.89 Å². The summed E-state index contributed by atoms with van der Waals surface area (Å²) in [5.74, 6) is 0.627. The maximum absolute atomic E-state index is 6.52. The first-order valence-electron chi connectivity index (χ1n) is 20.4. The predicted octanol–water partition coefficient (Wildman–Crippen LogP) is 14.0. The molecule has 12 aromatic rings. The lowest BCUT2D eigenvalue weighted by Gasteiger charge is -2.24. The molecule has 0 bridgehead atoms. The summed E-state index contributed by atoms with van der Waals surface area (Å²) in [4.78, 5) is 5.03. The first-order valence-corrected chi connectivity index (χ1v) is 22.1. The average Bonchev–Trinajstić information content (AvgIpc) is 4.03. The molecule has 7 heteroatoms. The maximum atomic E-state index is 6.52. The molecule has 0 atom stereocenters. The van der Waals surface area contributed by atoms with Gasteiger partial charge < -0.3 is 14.3 Å². The molecule has 4 aromatic heterocycles. The highest BCUT2D eigenvalue weighted by Crippen LogP contribution is 2.45. The van der Waals surface area contributed by atoms with Crippen molar-refractivity contribution in [3.8, 4) is 28.3 Å². The van der Waals surface area contributed by atoms with Crippen molar-refractivity contribution in [3.63, 3.8) is 0 Å². The fourth-order valence-corrected chi connectivity index (χ4v) is 11.7. The number of nitrogens with zero attached hydrogens (tertiary/aromatic N) is 2. The van der Waals surface area contributed by atoms with Crippen LogP contribution in [0.3, 0.4) is 0 Å². The maximum Gasteiger partial charge on any atom is 0.227 e. The molecule has 1 N–H and O–H groups in total. The van der Waals surface area contributed by atoms with Gasteiger partial charge in [-0.05, 0) is 88.7 Å². The molecule has 13 rings (SSSR count). The van der Waals surface area contributed by atoms with Crippen molar-refractivity contribution in [2.75, 3.05) is 5.32 Å². The van der Waals surface area contributed by atoms with E-state index >= 15 is 0 Å². The second-order valence-electron chi connectivity index (χ2n) is 17.1. The van der Waals surface area contributed by atoms with E-state index in [1.165, 1.54) is 84.3 Å². The Labute approximate surface area is 354 Å². The molecule has 1 aliphatic heterocycles. The van der Waals surface area contributed by atoms with E-state index < -0.39 is 0 Å². The molecule has 0 aliphatic carbocycles. The molecule has 283 valence electrons. The smallest absolute Gasteiger partial charge is 0.227 e. The van der Waals surface area contributed by atoms with Gasteiger partial charge in [0.05, 0.1) is 5.52 Å². The van der Waals surface area contributed by atoms with E-state index in [0.717, 1.165) is 39.2 Å². The zero-order chi connectivity index (χ0) is 39.9. The molecule has 0 spiro atoms. The molecule has 5 heterocycles. The summed E-state index contributed by atoms with van der Waals surface area (Å²) in [6.45, 7) is 6.79. The lowest BCUT2D eigenvalue weighted by atomic mass is 9.59. The Bertz CT molecular complexity index is 3750. The lowest BCUT2D eigenvalue weighted by Crippen LogP contribution is -2.37. The number of thiophene rings is 2. The van der Waals surface area contributed by atoms with Crippen LogP contribution in [0.15, 0.2) is 156 Å². The van der Waals surface area contributed by atoms with E-state index in [1.54, 1.807) is 0 Å². The molecule has 1 radical (unpaired) electrons.